The molecule has 0 spiro atoms. The van der Waals surface area contributed by atoms with E-state index in [1.807, 2.05) is 18.2 Å². The van der Waals surface area contributed by atoms with Crippen molar-refractivity contribution < 1.29 is 9.18 Å². The number of carbonyl (C=O) groups is 1. The van der Waals surface area contributed by atoms with E-state index in [-0.39, 0.29) is 11.7 Å². The second-order valence-electron chi connectivity index (χ2n) is 8.94. The van der Waals surface area contributed by atoms with Crippen molar-refractivity contribution in [1.29, 1.82) is 0 Å². The largest absolute Gasteiger partial charge is 0.383 e. The van der Waals surface area contributed by atoms with Gasteiger partial charge in [-0.2, -0.15) is 4.39 Å². The van der Waals surface area contributed by atoms with Crippen LogP contribution in [-0.2, 0) is 19.4 Å². The molecule has 1 amide bonds. The highest BCUT2D eigenvalue weighted by atomic mass is 19.1. The maximum absolute atomic E-state index is 14.9. The lowest BCUT2D eigenvalue weighted by molar-refractivity contribution is 0.0946. The van der Waals surface area contributed by atoms with Gasteiger partial charge in [0.15, 0.2) is 0 Å². The third-order valence-electron chi connectivity index (χ3n) is 6.64. The molecule has 0 saturated carbocycles. The fourth-order valence-corrected chi connectivity index (χ4v) is 4.72. The highest BCUT2D eigenvalue weighted by Crippen LogP contribution is 2.34. The zero-order chi connectivity index (χ0) is 22.4. The van der Waals surface area contributed by atoms with Crippen LogP contribution >= 0.6 is 0 Å². The molecule has 2 aromatic carbocycles. The third-order valence-corrected chi connectivity index (χ3v) is 6.64. The van der Waals surface area contributed by atoms with Gasteiger partial charge in [-0.3, -0.25) is 9.69 Å². The normalized spacial score (nSPS) is 15.9. The Labute approximate surface area is 187 Å². The number of nitrogens with zero attached hydrogens (tertiary/aromatic N) is 2. The number of aromatic nitrogens is 1. The molecule has 0 unspecified atom stereocenters. The topological polar surface area (TPSA) is 71.2 Å². The van der Waals surface area contributed by atoms with E-state index >= 15 is 0 Å². The molecule has 2 aliphatic heterocycles. The first-order valence-electron chi connectivity index (χ1n) is 11.1. The summed E-state index contributed by atoms with van der Waals surface area (Å²) in [5.41, 5.74) is 13.1. The Bertz CT molecular complexity index is 1220. The number of anilines is 1. The molecular formula is C26H27FN4O. The fourth-order valence-electron chi connectivity index (χ4n) is 4.72. The monoisotopic (exact) mass is 430 g/mol. The second-order valence-corrected chi connectivity index (χ2v) is 8.94. The molecule has 1 aromatic heterocycles. The van der Waals surface area contributed by atoms with E-state index in [1.165, 1.54) is 11.1 Å². The van der Waals surface area contributed by atoms with Crippen molar-refractivity contribution in [2.24, 2.45) is 0 Å². The van der Waals surface area contributed by atoms with Gasteiger partial charge in [0.2, 0.25) is 5.95 Å². The number of benzene rings is 2. The number of amides is 1. The number of carbonyl (C=O) groups excluding carboxylic acids is 1. The Morgan fingerprint density at radius 2 is 1.72 bits per heavy atom. The van der Waals surface area contributed by atoms with E-state index in [9.17, 15) is 9.18 Å². The Kier molecular flexibility index (Phi) is 5.18. The molecule has 3 heterocycles. The predicted octanol–water partition coefficient (Wildman–Crippen LogP) is 4.19. The molecule has 2 aliphatic rings. The van der Waals surface area contributed by atoms with Crippen LogP contribution in [0.3, 0.4) is 0 Å². The Morgan fingerprint density at radius 3 is 2.53 bits per heavy atom. The van der Waals surface area contributed by atoms with Crippen LogP contribution in [0.2, 0.25) is 0 Å². The molecule has 5 nitrogen and oxygen atoms in total. The molecule has 3 aromatic rings. The van der Waals surface area contributed by atoms with Gasteiger partial charge in [-0.1, -0.05) is 30.3 Å². The number of nitrogens with two attached hydrogens (primary N) is 1. The number of rotatable bonds is 3. The molecule has 32 heavy (non-hydrogen) atoms. The van der Waals surface area contributed by atoms with Crippen molar-refractivity contribution in [2.45, 2.75) is 39.3 Å². The van der Waals surface area contributed by atoms with E-state index < -0.39 is 5.95 Å². The Morgan fingerprint density at radius 1 is 0.969 bits per heavy atom. The van der Waals surface area contributed by atoms with E-state index in [1.54, 1.807) is 12.1 Å². The smallest absolute Gasteiger partial charge is 0.251 e. The first-order chi connectivity index (χ1) is 15.4. The van der Waals surface area contributed by atoms with E-state index in [2.05, 4.69) is 41.2 Å². The summed E-state index contributed by atoms with van der Waals surface area (Å²) in [6.45, 7) is 6.96. The summed E-state index contributed by atoms with van der Waals surface area (Å²) in [6.07, 6.45) is 1.71. The first kappa shape index (κ1) is 20.6. The summed E-state index contributed by atoms with van der Waals surface area (Å²) in [5, 5.41) is 2.85. The number of nitrogens with one attached hydrogen (secondary N) is 1. The van der Waals surface area contributed by atoms with Gasteiger partial charge < -0.3 is 11.1 Å². The number of hydrogen-bond donors (Lipinski definition) is 2. The minimum atomic E-state index is -0.567. The summed E-state index contributed by atoms with van der Waals surface area (Å²) in [4.78, 5) is 18.5. The van der Waals surface area contributed by atoms with Crippen LogP contribution in [0.5, 0.6) is 0 Å². The molecule has 0 aliphatic carbocycles. The molecule has 0 bridgehead atoms. The van der Waals surface area contributed by atoms with Crippen LogP contribution in [0.15, 0.2) is 42.5 Å². The van der Waals surface area contributed by atoms with Crippen molar-refractivity contribution in [1.82, 2.24) is 15.2 Å². The summed E-state index contributed by atoms with van der Waals surface area (Å²) in [5.74, 6) is -0.478. The van der Waals surface area contributed by atoms with Gasteiger partial charge in [0.1, 0.15) is 5.82 Å². The van der Waals surface area contributed by atoms with Crippen molar-refractivity contribution in [3.8, 4) is 22.3 Å². The van der Waals surface area contributed by atoms with Crippen LogP contribution in [0.1, 0.15) is 40.9 Å². The van der Waals surface area contributed by atoms with Crippen molar-refractivity contribution in [3.05, 3.63) is 70.7 Å². The maximum atomic E-state index is 14.9. The molecule has 0 radical (unpaired) electrons. The Hall–Kier alpha value is -3.25. The lowest BCUT2D eigenvalue weighted by atomic mass is 9.92. The molecule has 3 N–H and O–H groups in total. The van der Waals surface area contributed by atoms with Crippen LogP contribution in [0.4, 0.5) is 10.2 Å². The summed E-state index contributed by atoms with van der Waals surface area (Å²) in [7, 11) is 0. The number of nitrogen functional groups attached to an aromatic ring is 1. The van der Waals surface area contributed by atoms with Gasteiger partial charge in [-0.25, -0.2) is 4.98 Å². The standard InChI is InChI=1S/C26H27FN4O/c1-15(2)31-10-8-16-11-17(3-4-20(16)14-31)22-13-23(25(28)30-24(22)27)18-5-6-21-19(12-18)7-9-29-26(21)32/h3-6,11-13,15H,7-10,14H2,1-2H3,(H2,28,30)(H,29,32). The maximum Gasteiger partial charge on any atom is 0.251 e. The summed E-state index contributed by atoms with van der Waals surface area (Å²) >= 11 is 0. The number of pyridine rings is 1. The van der Waals surface area contributed by atoms with Crippen molar-refractivity contribution in [3.63, 3.8) is 0 Å². The van der Waals surface area contributed by atoms with E-state index in [0.717, 1.165) is 42.6 Å². The predicted molar refractivity (Wildman–Crippen MR) is 125 cm³/mol. The Balaban J connectivity index is 1.53. The molecule has 0 fully saturated rings. The highest BCUT2D eigenvalue weighted by Gasteiger charge is 2.21. The highest BCUT2D eigenvalue weighted by molar-refractivity contribution is 5.97. The molecule has 0 atom stereocenters. The second kappa shape index (κ2) is 8.02. The van der Waals surface area contributed by atoms with E-state index in [4.69, 9.17) is 5.73 Å². The van der Waals surface area contributed by atoms with E-state index in [0.29, 0.717) is 29.3 Å². The van der Waals surface area contributed by atoms with Gasteiger partial charge in [0, 0.05) is 42.4 Å². The summed E-state index contributed by atoms with van der Waals surface area (Å²) in [6, 6.07) is 14.1. The molecule has 0 saturated heterocycles. The summed E-state index contributed by atoms with van der Waals surface area (Å²) < 4.78 is 14.9. The average Bonchev–Trinajstić information content (AvgIpc) is 2.78. The lowest BCUT2D eigenvalue weighted by Gasteiger charge is -2.32. The SMILES string of the molecule is CC(C)N1CCc2cc(-c3cc(-c4ccc5c(c4)CCNC5=O)c(N)nc3F)ccc2C1. The number of halogens is 1. The van der Waals surface area contributed by atoms with Crippen LogP contribution in [0.25, 0.3) is 22.3 Å². The van der Waals surface area contributed by atoms with Crippen LogP contribution in [0, 0.1) is 5.95 Å². The van der Waals surface area contributed by atoms with Gasteiger partial charge in [0.25, 0.3) is 5.91 Å². The molecular weight excluding hydrogens is 403 g/mol. The van der Waals surface area contributed by atoms with Crippen molar-refractivity contribution >= 4 is 11.7 Å². The average molecular weight is 431 g/mol. The first-order valence-corrected chi connectivity index (χ1v) is 11.1. The minimum Gasteiger partial charge on any atom is -0.383 e. The third kappa shape index (κ3) is 3.65. The zero-order valence-electron chi connectivity index (χ0n) is 18.4. The molecule has 6 heteroatoms. The van der Waals surface area contributed by atoms with Gasteiger partial charge in [0.05, 0.1) is 0 Å². The van der Waals surface area contributed by atoms with Crippen LogP contribution < -0.4 is 11.1 Å². The number of hydrogen-bond acceptors (Lipinski definition) is 4. The fraction of sp³-hybridized carbons (Fsp3) is 0.308. The quantitative estimate of drug-likeness (QED) is 0.612. The molecule has 164 valence electrons. The van der Waals surface area contributed by atoms with Crippen LogP contribution in [-0.4, -0.2) is 34.9 Å². The van der Waals surface area contributed by atoms with Gasteiger partial charge in [-0.05, 0) is 66.6 Å². The minimum absolute atomic E-state index is 0.0613. The van der Waals surface area contributed by atoms with Crippen molar-refractivity contribution in [2.75, 3.05) is 18.8 Å². The van der Waals surface area contributed by atoms with Gasteiger partial charge in [-0.15, -0.1) is 0 Å². The van der Waals surface area contributed by atoms with Gasteiger partial charge >= 0.3 is 0 Å². The lowest BCUT2D eigenvalue weighted by Crippen LogP contribution is -2.35. The zero-order valence-corrected chi connectivity index (χ0v) is 18.4. The number of fused-ring (bicyclic) bond motifs is 2. The molecule has 5 rings (SSSR count).